The molecule has 5 N–H and O–H groups in total. The summed E-state index contributed by atoms with van der Waals surface area (Å²) in [6.45, 7) is 15.4. The van der Waals surface area contributed by atoms with Gasteiger partial charge in [0, 0.05) is 95.3 Å². The second kappa shape index (κ2) is 31.5. The summed E-state index contributed by atoms with van der Waals surface area (Å²) in [4.78, 5) is 79.1. The topological polar surface area (TPSA) is 331 Å². The Balaban J connectivity index is 0.677. The summed E-state index contributed by atoms with van der Waals surface area (Å²) in [5.74, 6) is -3.44. The van der Waals surface area contributed by atoms with Crippen molar-refractivity contribution < 1.29 is 80.1 Å². The van der Waals surface area contributed by atoms with Crippen molar-refractivity contribution in [1.82, 2.24) is 51.1 Å². The number of nitrogens with zero attached hydrogens (tertiary/aromatic N) is 6. The van der Waals surface area contributed by atoms with Gasteiger partial charge in [-0.25, -0.2) is 18.4 Å². The van der Waals surface area contributed by atoms with E-state index in [0.29, 0.717) is 75.6 Å². The number of hydrogen-bond acceptors (Lipinski definition) is 22. The lowest BCUT2D eigenvalue weighted by Crippen LogP contribution is -2.61. The van der Waals surface area contributed by atoms with Gasteiger partial charge >= 0.3 is 0 Å². The van der Waals surface area contributed by atoms with E-state index in [2.05, 4.69) is 61.6 Å². The van der Waals surface area contributed by atoms with Crippen LogP contribution in [0.1, 0.15) is 149 Å². The first-order chi connectivity index (χ1) is 45.9. The zero-order valence-corrected chi connectivity index (χ0v) is 57.6. The highest BCUT2D eigenvalue weighted by Gasteiger charge is 2.69. The molecule has 0 radical (unpaired) electrons. The van der Waals surface area contributed by atoms with Gasteiger partial charge in [-0.05, 0) is 121 Å². The quantitative estimate of drug-likeness (QED) is 0.0536. The molecule has 532 valence electrons. The molecule has 12 rings (SSSR count). The van der Waals surface area contributed by atoms with E-state index in [9.17, 15) is 37.5 Å². The van der Waals surface area contributed by atoms with Gasteiger partial charge in [0.15, 0.2) is 5.79 Å². The molecule has 12 bridgehead atoms. The SMILES string of the molecule is C=C1C[C@@H]2CC[C@@]34CC5O[C@H]6[C@@H](O3)[C@H]3O[C@H](CC[C@@H]3O[C@H]6[C@H]5O4)CC(=O)C[C@@H]3[C@@H](OC)[C@@H](C[C@H](O)CNC(=O)CNC(=O)[C@H](CCCCN(C)C)NC(=O)[C@@H](NC(=O)CCCCCn4cc(-c5cnc(S(C)(=O)=O)nc5)nn4)C(C)C)O[C@H]3C[C@H]3O[C@@H](CCC1O2)C[C@@H](C)C3=C. The molecule has 0 saturated carbocycles. The molecule has 0 aromatic carbocycles. The van der Waals surface area contributed by atoms with E-state index in [0.717, 1.165) is 62.5 Å². The Hall–Kier alpha value is -5.24. The van der Waals surface area contributed by atoms with Gasteiger partial charge in [0.25, 0.3) is 0 Å². The van der Waals surface area contributed by atoms with Crippen molar-refractivity contribution in [2.45, 2.75) is 276 Å². The summed E-state index contributed by atoms with van der Waals surface area (Å²) >= 11 is 0. The van der Waals surface area contributed by atoms with Crippen LogP contribution in [0.25, 0.3) is 11.3 Å². The minimum Gasteiger partial charge on any atom is -0.391 e. The lowest BCUT2D eigenvalue weighted by molar-refractivity contribution is -0.292. The van der Waals surface area contributed by atoms with Crippen LogP contribution in [-0.4, -0.2) is 235 Å². The van der Waals surface area contributed by atoms with Crippen LogP contribution in [0.15, 0.2) is 48.1 Å². The van der Waals surface area contributed by atoms with Gasteiger partial charge in [0.2, 0.25) is 38.6 Å². The molecule has 10 aliphatic heterocycles. The number of aryl methyl sites for hydroxylation is 1. The summed E-state index contributed by atoms with van der Waals surface area (Å²) in [6, 6.07) is -1.96. The lowest BCUT2D eigenvalue weighted by atomic mass is 9.81. The fourth-order valence-corrected chi connectivity index (χ4v) is 16.3. The van der Waals surface area contributed by atoms with Crippen LogP contribution in [-0.2, 0) is 83.0 Å². The predicted octanol–water partition coefficient (Wildman–Crippen LogP) is 3.78. The number of carbonyl (C=O) groups excluding carboxylic acids is 5. The molecule has 2 aromatic rings. The molecule has 21 atom stereocenters. The number of carbonyl (C=O) groups is 5. The Morgan fingerprint density at radius 3 is 2.29 bits per heavy atom. The van der Waals surface area contributed by atoms with E-state index in [1.165, 1.54) is 12.4 Å². The number of aliphatic hydroxyl groups excluding tert-OH is 1. The van der Waals surface area contributed by atoms with E-state index < -0.39 is 94.5 Å². The van der Waals surface area contributed by atoms with Crippen molar-refractivity contribution in [1.29, 1.82) is 0 Å². The molecule has 0 aliphatic carbocycles. The number of Topliss-reactive ketones (excluding diaryl/α,β-unsaturated/α-hetero) is 1. The monoisotopic (exact) mass is 1360 g/mol. The molecule has 1 spiro atoms. The maximum absolute atomic E-state index is 14.6. The Morgan fingerprint density at radius 1 is 0.792 bits per heavy atom. The number of methoxy groups -OCH3 is 1. The molecular formula is C68H102N10O17S. The largest absolute Gasteiger partial charge is 0.391 e. The number of amides is 4. The molecule has 28 heteroatoms. The van der Waals surface area contributed by atoms with Crippen LogP contribution in [0.5, 0.6) is 0 Å². The first kappa shape index (κ1) is 72.0. The molecule has 12 heterocycles. The van der Waals surface area contributed by atoms with E-state index in [-0.39, 0.29) is 128 Å². The molecule has 10 fully saturated rings. The summed E-state index contributed by atoms with van der Waals surface area (Å²) in [5.41, 5.74) is 3.04. The van der Waals surface area contributed by atoms with Gasteiger partial charge in [-0.3, -0.25) is 28.7 Å². The third-order valence-electron chi connectivity index (χ3n) is 21.0. The number of hydrogen-bond donors (Lipinski definition) is 5. The predicted molar refractivity (Wildman–Crippen MR) is 347 cm³/mol. The van der Waals surface area contributed by atoms with Crippen molar-refractivity contribution >= 4 is 39.2 Å². The van der Waals surface area contributed by atoms with E-state index in [1.54, 1.807) is 31.8 Å². The molecule has 4 amide bonds. The molecule has 10 saturated heterocycles. The highest BCUT2D eigenvalue weighted by molar-refractivity contribution is 7.90. The van der Waals surface area contributed by atoms with Crippen molar-refractivity contribution in [3.63, 3.8) is 0 Å². The summed E-state index contributed by atoms with van der Waals surface area (Å²) in [5, 5.41) is 30.8. The Kier molecular flexibility index (Phi) is 23.7. The number of fused-ring (bicyclic) bond motifs is 6. The van der Waals surface area contributed by atoms with Crippen molar-refractivity contribution in [2.75, 3.05) is 47.1 Å². The molecule has 96 heavy (non-hydrogen) atoms. The second-order valence-corrected chi connectivity index (χ2v) is 31.0. The fraction of sp³-hybridized carbons (Fsp3) is 0.779. The van der Waals surface area contributed by atoms with Crippen molar-refractivity contribution in [3.8, 4) is 11.3 Å². The van der Waals surface area contributed by atoms with E-state index in [4.69, 9.17) is 42.6 Å². The maximum Gasteiger partial charge on any atom is 0.246 e. The van der Waals surface area contributed by atoms with Gasteiger partial charge in [-0.2, -0.15) is 0 Å². The average Bonchev–Trinajstić information content (AvgIpc) is 1.56. The minimum atomic E-state index is -3.55. The number of ether oxygens (including phenoxy) is 9. The van der Waals surface area contributed by atoms with Gasteiger partial charge in [-0.15, -0.1) is 5.10 Å². The van der Waals surface area contributed by atoms with Crippen LogP contribution in [0, 0.1) is 17.8 Å². The summed E-state index contributed by atoms with van der Waals surface area (Å²) in [6.07, 6.45) is 10.4. The number of nitrogens with one attached hydrogen (secondary N) is 4. The number of unbranched alkanes of at least 4 members (excludes halogenated alkanes) is 3. The zero-order valence-electron chi connectivity index (χ0n) is 56.8. The van der Waals surface area contributed by atoms with Gasteiger partial charge in [0.05, 0.1) is 79.9 Å². The zero-order chi connectivity index (χ0) is 68.2. The molecule has 27 nitrogen and oxygen atoms in total. The van der Waals surface area contributed by atoms with Crippen LogP contribution < -0.4 is 21.3 Å². The standard InChI is InChI=1S/C68H102N10O17S/c1-37(2)58(74-56(81)16-11-10-13-24-78-36-49(75-76-78)41-32-71-67(72-33-41)96(9,85)86)66(84)73-48(15-12-14-23-77(6)7)65(83)70-35-57(82)69-34-43(80)29-54-59(87-8)47-28-42(79)27-45-18-20-51-60(90-45)64-63-62(92-51)61-55(93-63)31-68(94-61,95-64)22-21-46-26-39(4)50(88-46)19-17-44-25-38(3)40(5)52(89-44)30-53(47)91-54/h32-33,36-38,43-48,50-55,58-64,80H,4-5,10-31,34-35H2,1-3,6-9H3,(H,69,82)(H,70,83)(H,73,84)(H,74,81)/t38-,43+,44+,45-,46+,47+,48+,50?,51+,52-,53+,54-,55?,58+,59-,60+,61+,62+,63-,64+,68+/m1/s1. The summed E-state index contributed by atoms with van der Waals surface area (Å²) < 4.78 is 86.1. The maximum atomic E-state index is 14.6. The smallest absolute Gasteiger partial charge is 0.246 e. The fourth-order valence-electron chi connectivity index (χ4n) is 15.9. The number of sulfone groups is 1. The third-order valence-corrected chi connectivity index (χ3v) is 21.9. The van der Waals surface area contributed by atoms with Crippen LogP contribution >= 0.6 is 0 Å². The first-order valence-electron chi connectivity index (χ1n) is 35.0. The normalized spacial score (nSPS) is 34.5. The Labute approximate surface area is 563 Å². The third kappa shape index (κ3) is 17.5. The summed E-state index contributed by atoms with van der Waals surface area (Å²) in [7, 11) is 1.93. The van der Waals surface area contributed by atoms with Gasteiger partial charge in [-0.1, -0.05) is 45.6 Å². The van der Waals surface area contributed by atoms with Crippen LogP contribution in [0.4, 0.5) is 0 Å². The van der Waals surface area contributed by atoms with Gasteiger partial charge in [0.1, 0.15) is 54.1 Å². The highest BCUT2D eigenvalue weighted by atomic mass is 32.2. The molecule has 2 aromatic heterocycles. The molecule has 10 aliphatic rings. The Morgan fingerprint density at radius 2 is 1.53 bits per heavy atom. The lowest BCUT2D eigenvalue weighted by Gasteiger charge is -2.47. The average molecular weight is 1360 g/mol. The number of ketones is 1. The van der Waals surface area contributed by atoms with Crippen LogP contribution in [0.2, 0.25) is 0 Å². The van der Waals surface area contributed by atoms with E-state index in [1.807, 2.05) is 19.0 Å². The van der Waals surface area contributed by atoms with Gasteiger partial charge < -0.3 is 73.9 Å². The molecular weight excluding hydrogens is 1260 g/mol. The van der Waals surface area contributed by atoms with E-state index >= 15 is 0 Å². The highest BCUT2D eigenvalue weighted by Crippen LogP contribution is 2.54. The van der Waals surface area contributed by atoms with Crippen molar-refractivity contribution in [3.05, 3.63) is 42.9 Å². The number of aliphatic hydroxyl groups is 1. The minimum absolute atomic E-state index is 0.00560. The number of rotatable bonds is 25. The first-order valence-corrected chi connectivity index (χ1v) is 36.9. The second-order valence-electron chi connectivity index (χ2n) is 29.1. The van der Waals surface area contributed by atoms with Crippen molar-refractivity contribution in [2.24, 2.45) is 17.8 Å². The van der Waals surface area contributed by atoms with Crippen LogP contribution in [0.3, 0.4) is 0 Å². The number of aromatic nitrogens is 5. The molecule has 2 unspecified atom stereocenters. The Bertz CT molecular complexity index is 3190.